The lowest BCUT2D eigenvalue weighted by Crippen LogP contribution is -2.36. The first-order chi connectivity index (χ1) is 16.4. The highest BCUT2D eigenvalue weighted by Gasteiger charge is 2.33. The van der Waals surface area contributed by atoms with Crippen molar-refractivity contribution in [3.05, 3.63) is 93.5 Å². The van der Waals surface area contributed by atoms with Crippen LogP contribution in [0.2, 0.25) is 0 Å². The van der Waals surface area contributed by atoms with Crippen molar-refractivity contribution in [2.75, 3.05) is 12.1 Å². The van der Waals surface area contributed by atoms with E-state index in [-0.39, 0.29) is 17.5 Å². The van der Waals surface area contributed by atoms with Crippen molar-refractivity contribution in [1.82, 2.24) is 5.43 Å². The monoisotopic (exact) mass is 522 g/mol. The normalized spacial score (nSPS) is 16.7. The number of methoxy groups -OCH3 is 1. The molecule has 1 atom stereocenters. The van der Waals surface area contributed by atoms with E-state index >= 15 is 0 Å². The van der Waals surface area contributed by atoms with Gasteiger partial charge in [-0.25, -0.2) is 15.2 Å². The number of carbonyl (C=O) groups is 2. The molecular formula is C26H23BrN2O5. The molecule has 0 saturated carbocycles. The molecule has 0 aliphatic carbocycles. The first-order valence-corrected chi connectivity index (χ1v) is 11.4. The molecule has 1 aliphatic rings. The van der Waals surface area contributed by atoms with Crippen LogP contribution in [-0.2, 0) is 11.4 Å². The van der Waals surface area contributed by atoms with Gasteiger partial charge in [-0.15, -0.1) is 0 Å². The third kappa shape index (κ3) is 4.98. The van der Waals surface area contributed by atoms with E-state index in [1.807, 2.05) is 49.4 Å². The lowest BCUT2D eigenvalue weighted by molar-refractivity contribution is -0.114. The molecule has 8 heteroatoms. The minimum absolute atomic E-state index is 0.158. The third-order valence-electron chi connectivity index (χ3n) is 5.41. The molecule has 7 nitrogen and oxygen atoms in total. The van der Waals surface area contributed by atoms with Crippen LogP contribution in [0.4, 0.5) is 5.69 Å². The Morgan fingerprint density at radius 2 is 1.85 bits per heavy atom. The SMILES string of the molecule is COc1cc(/C=C2/C(=O)N(c3ccc(C(=O)O)cc3)NC2C)cc(Br)c1OCc1ccccc1. The van der Waals surface area contributed by atoms with E-state index < -0.39 is 5.97 Å². The molecule has 1 amide bonds. The van der Waals surface area contributed by atoms with E-state index in [1.54, 1.807) is 25.3 Å². The number of benzene rings is 3. The van der Waals surface area contributed by atoms with E-state index in [4.69, 9.17) is 14.6 Å². The van der Waals surface area contributed by atoms with E-state index in [0.29, 0.717) is 33.8 Å². The van der Waals surface area contributed by atoms with Crippen LogP contribution in [0.5, 0.6) is 11.5 Å². The number of amides is 1. The highest BCUT2D eigenvalue weighted by molar-refractivity contribution is 9.10. The van der Waals surface area contributed by atoms with Gasteiger partial charge in [-0.1, -0.05) is 30.3 Å². The number of carboxylic acid groups (broad SMARTS) is 1. The number of nitrogens with one attached hydrogen (secondary N) is 1. The fourth-order valence-corrected chi connectivity index (χ4v) is 4.21. The first kappa shape index (κ1) is 23.5. The minimum atomic E-state index is -1.02. The zero-order valence-corrected chi connectivity index (χ0v) is 20.2. The molecule has 3 aromatic carbocycles. The molecule has 1 heterocycles. The second-order valence-corrected chi connectivity index (χ2v) is 8.61. The van der Waals surface area contributed by atoms with Crippen molar-refractivity contribution in [3.63, 3.8) is 0 Å². The fraction of sp³-hybridized carbons (Fsp3) is 0.154. The number of hydrogen-bond acceptors (Lipinski definition) is 5. The van der Waals surface area contributed by atoms with Gasteiger partial charge in [-0.3, -0.25) is 4.79 Å². The molecule has 0 spiro atoms. The van der Waals surface area contributed by atoms with Gasteiger partial charge in [0.15, 0.2) is 11.5 Å². The van der Waals surface area contributed by atoms with Gasteiger partial charge in [0.25, 0.3) is 5.91 Å². The summed E-state index contributed by atoms with van der Waals surface area (Å²) in [4.78, 5) is 24.2. The molecular weight excluding hydrogens is 500 g/mol. The van der Waals surface area contributed by atoms with Crippen LogP contribution in [0.3, 0.4) is 0 Å². The summed E-state index contributed by atoms with van der Waals surface area (Å²) in [5.74, 6) is -0.103. The summed E-state index contributed by atoms with van der Waals surface area (Å²) in [5.41, 5.74) is 6.23. The van der Waals surface area contributed by atoms with Crippen LogP contribution >= 0.6 is 15.9 Å². The Morgan fingerprint density at radius 3 is 2.50 bits per heavy atom. The Morgan fingerprint density at radius 1 is 1.15 bits per heavy atom. The molecule has 1 unspecified atom stereocenters. The molecule has 174 valence electrons. The number of aromatic carboxylic acids is 1. The van der Waals surface area contributed by atoms with Gasteiger partial charge in [0.2, 0.25) is 0 Å². The number of anilines is 1. The quantitative estimate of drug-likeness (QED) is 0.421. The van der Waals surface area contributed by atoms with Gasteiger partial charge in [0.1, 0.15) is 6.61 Å². The summed E-state index contributed by atoms with van der Waals surface area (Å²) >= 11 is 3.57. The highest BCUT2D eigenvalue weighted by Crippen LogP contribution is 2.38. The number of hydrogen-bond donors (Lipinski definition) is 2. The molecule has 2 N–H and O–H groups in total. The van der Waals surface area contributed by atoms with Gasteiger partial charge < -0.3 is 14.6 Å². The largest absolute Gasteiger partial charge is 0.493 e. The number of rotatable bonds is 7. The second-order valence-electron chi connectivity index (χ2n) is 7.75. The van der Waals surface area contributed by atoms with Crippen molar-refractivity contribution < 1.29 is 24.2 Å². The Bertz CT molecular complexity index is 1240. The summed E-state index contributed by atoms with van der Waals surface area (Å²) in [7, 11) is 1.57. The molecule has 4 rings (SSSR count). The maximum atomic E-state index is 13.1. The second kappa shape index (κ2) is 10.1. The topological polar surface area (TPSA) is 88.1 Å². The number of carboxylic acids is 1. The zero-order valence-electron chi connectivity index (χ0n) is 18.6. The van der Waals surface area contributed by atoms with E-state index in [0.717, 1.165) is 11.1 Å². The van der Waals surface area contributed by atoms with Gasteiger partial charge >= 0.3 is 5.97 Å². The Balaban J connectivity index is 1.57. The lowest BCUT2D eigenvalue weighted by Gasteiger charge is -2.16. The highest BCUT2D eigenvalue weighted by atomic mass is 79.9. The standard InChI is InChI=1S/C26H23BrN2O5/c1-16-21(25(30)29(28-16)20-10-8-19(9-11-20)26(31)32)12-18-13-22(27)24(23(14-18)33-2)34-15-17-6-4-3-5-7-17/h3-14,16,28H,15H2,1-2H3,(H,31,32)/b21-12+. The smallest absolute Gasteiger partial charge is 0.335 e. The fourth-order valence-electron chi connectivity index (χ4n) is 3.64. The van der Waals surface area contributed by atoms with Gasteiger partial charge in [-0.05, 0) is 76.5 Å². The van der Waals surface area contributed by atoms with Crippen molar-refractivity contribution in [1.29, 1.82) is 0 Å². The average molecular weight is 523 g/mol. The van der Waals surface area contributed by atoms with Crippen molar-refractivity contribution >= 4 is 39.6 Å². The molecule has 1 fully saturated rings. The van der Waals surface area contributed by atoms with Gasteiger partial charge in [0, 0.05) is 5.57 Å². The summed E-state index contributed by atoms with van der Waals surface area (Å²) in [5, 5.41) is 10.5. The van der Waals surface area contributed by atoms with Crippen molar-refractivity contribution in [3.8, 4) is 11.5 Å². The van der Waals surface area contributed by atoms with Crippen molar-refractivity contribution in [2.24, 2.45) is 0 Å². The van der Waals surface area contributed by atoms with Crippen LogP contribution in [0.25, 0.3) is 6.08 Å². The average Bonchev–Trinajstić information content (AvgIpc) is 3.12. The van der Waals surface area contributed by atoms with Crippen molar-refractivity contribution in [2.45, 2.75) is 19.6 Å². The van der Waals surface area contributed by atoms with E-state index in [9.17, 15) is 9.59 Å². The predicted octanol–water partition coefficient (Wildman–Crippen LogP) is 5.06. The van der Waals surface area contributed by atoms with Gasteiger partial charge in [-0.2, -0.15) is 0 Å². The van der Waals surface area contributed by atoms with Crippen LogP contribution in [0, 0.1) is 0 Å². The third-order valence-corrected chi connectivity index (χ3v) is 6.00. The molecule has 3 aromatic rings. The summed E-state index contributed by atoms with van der Waals surface area (Å²) < 4.78 is 12.3. The summed E-state index contributed by atoms with van der Waals surface area (Å²) in [6, 6.07) is 19.4. The number of halogens is 1. The summed E-state index contributed by atoms with van der Waals surface area (Å²) in [6.45, 7) is 2.28. The molecule has 0 radical (unpaired) electrons. The summed E-state index contributed by atoms with van der Waals surface area (Å²) in [6.07, 6.45) is 1.81. The Hall–Kier alpha value is -3.62. The molecule has 0 bridgehead atoms. The van der Waals surface area contributed by atoms with Crippen LogP contribution in [-0.4, -0.2) is 30.1 Å². The Labute approximate surface area is 205 Å². The molecule has 1 aliphatic heterocycles. The molecule has 1 saturated heterocycles. The zero-order chi connectivity index (χ0) is 24.2. The predicted molar refractivity (Wildman–Crippen MR) is 133 cm³/mol. The van der Waals surface area contributed by atoms with Gasteiger partial charge in [0.05, 0.1) is 28.9 Å². The number of hydrazine groups is 1. The Kier molecular flexibility index (Phi) is 7.00. The number of nitrogens with zero attached hydrogens (tertiary/aromatic N) is 1. The maximum Gasteiger partial charge on any atom is 0.335 e. The van der Waals surface area contributed by atoms with Crippen LogP contribution in [0.1, 0.15) is 28.4 Å². The van der Waals surface area contributed by atoms with Crippen LogP contribution in [0.15, 0.2) is 76.8 Å². The van der Waals surface area contributed by atoms with E-state index in [1.165, 1.54) is 17.1 Å². The van der Waals surface area contributed by atoms with Crippen LogP contribution < -0.4 is 19.9 Å². The minimum Gasteiger partial charge on any atom is -0.493 e. The first-order valence-electron chi connectivity index (χ1n) is 10.6. The van der Waals surface area contributed by atoms with E-state index in [2.05, 4.69) is 21.4 Å². The molecule has 0 aromatic heterocycles. The number of carbonyl (C=O) groups excluding carboxylic acids is 1. The molecule has 34 heavy (non-hydrogen) atoms. The lowest BCUT2D eigenvalue weighted by atomic mass is 10.1. The number of ether oxygens (including phenoxy) is 2. The maximum absolute atomic E-state index is 13.1.